The lowest BCUT2D eigenvalue weighted by Crippen LogP contribution is -2.29. The average Bonchev–Trinajstić information content (AvgIpc) is 2.74. The molecule has 3 rings (SSSR count). The van der Waals surface area contributed by atoms with Crippen molar-refractivity contribution in [3.63, 3.8) is 0 Å². The molecule has 2 aromatic carbocycles. The second-order valence-corrected chi connectivity index (χ2v) is 9.48. The lowest BCUT2D eigenvalue weighted by molar-refractivity contribution is 0.0947. The van der Waals surface area contributed by atoms with Crippen molar-refractivity contribution in [1.82, 2.24) is 10.2 Å². The van der Waals surface area contributed by atoms with Gasteiger partial charge in [-0.25, -0.2) is 8.42 Å². The van der Waals surface area contributed by atoms with Gasteiger partial charge in [0.1, 0.15) is 0 Å². The Bertz CT molecular complexity index is 902. The number of piperidine rings is 1. The first-order chi connectivity index (χ1) is 13.5. The van der Waals surface area contributed by atoms with E-state index in [1.807, 2.05) is 12.1 Å². The van der Waals surface area contributed by atoms with Crippen LogP contribution in [-0.2, 0) is 22.9 Å². The fourth-order valence-electron chi connectivity index (χ4n) is 3.50. The molecule has 150 valence electrons. The summed E-state index contributed by atoms with van der Waals surface area (Å²) in [6.45, 7) is 5.24. The van der Waals surface area contributed by atoms with Gasteiger partial charge in [0.15, 0.2) is 9.84 Å². The maximum atomic E-state index is 12.5. The van der Waals surface area contributed by atoms with Crippen LogP contribution in [0.5, 0.6) is 0 Å². The van der Waals surface area contributed by atoms with Gasteiger partial charge in [-0.05, 0) is 49.2 Å². The minimum atomic E-state index is -3.44. The maximum absolute atomic E-state index is 12.5. The van der Waals surface area contributed by atoms with Crippen molar-refractivity contribution in [2.75, 3.05) is 18.8 Å². The van der Waals surface area contributed by atoms with Crippen LogP contribution in [0.25, 0.3) is 0 Å². The summed E-state index contributed by atoms with van der Waals surface area (Å²) in [5, 5.41) is 2.84. The van der Waals surface area contributed by atoms with Crippen molar-refractivity contribution in [3.8, 4) is 0 Å². The van der Waals surface area contributed by atoms with Crippen LogP contribution in [0.4, 0.5) is 0 Å². The zero-order valence-electron chi connectivity index (χ0n) is 16.4. The summed E-state index contributed by atoms with van der Waals surface area (Å²) in [5.41, 5.74) is 2.47. The molecule has 1 fully saturated rings. The SMILES string of the molecule is CCS(=O)(=O)c1ccccc1C(=O)NCc1ccc(CN2CCCCC2)cc1. The topological polar surface area (TPSA) is 66.5 Å². The number of carbonyl (C=O) groups excluding carboxylic acids is 1. The van der Waals surface area contributed by atoms with E-state index in [1.54, 1.807) is 25.1 Å². The third kappa shape index (κ3) is 5.20. The fourth-order valence-corrected chi connectivity index (χ4v) is 4.59. The van der Waals surface area contributed by atoms with Gasteiger partial charge in [0, 0.05) is 13.1 Å². The highest BCUT2D eigenvalue weighted by Gasteiger charge is 2.20. The van der Waals surface area contributed by atoms with E-state index >= 15 is 0 Å². The predicted octanol–water partition coefficient (Wildman–Crippen LogP) is 3.40. The van der Waals surface area contributed by atoms with E-state index in [-0.39, 0.29) is 22.1 Å². The van der Waals surface area contributed by atoms with Crippen LogP contribution in [0.2, 0.25) is 0 Å². The van der Waals surface area contributed by atoms with Crippen LogP contribution in [0.1, 0.15) is 47.7 Å². The number of hydrogen-bond acceptors (Lipinski definition) is 4. The number of likely N-dealkylation sites (tertiary alicyclic amines) is 1. The summed E-state index contributed by atoms with van der Waals surface area (Å²) < 4.78 is 24.4. The van der Waals surface area contributed by atoms with Crippen LogP contribution in [0.3, 0.4) is 0 Å². The molecule has 1 amide bonds. The molecule has 1 aliphatic rings. The van der Waals surface area contributed by atoms with Gasteiger partial charge in [0.05, 0.1) is 16.2 Å². The van der Waals surface area contributed by atoms with E-state index in [2.05, 4.69) is 22.3 Å². The molecule has 0 atom stereocenters. The van der Waals surface area contributed by atoms with Gasteiger partial charge in [-0.3, -0.25) is 9.69 Å². The molecular weight excluding hydrogens is 372 g/mol. The highest BCUT2D eigenvalue weighted by molar-refractivity contribution is 7.91. The molecule has 0 saturated carbocycles. The van der Waals surface area contributed by atoms with E-state index in [4.69, 9.17) is 0 Å². The molecular formula is C22H28N2O3S. The number of nitrogens with zero attached hydrogens (tertiary/aromatic N) is 1. The number of sulfone groups is 1. The van der Waals surface area contributed by atoms with E-state index in [9.17, 15) is 13.2 Å². The molecule has 1 saturated heterocycles. The Balaban J connectivity index is 1.61. The third-order valence-corrected chi connectivity index (χ3v) is 6.96. The second-order valence-electron chi connectivity index (χ2n) is 7.24. The van der Waals surface area contributed by atoms with E-state index in [1.165, 1.54) is 30.9 Å². The number of benzene rings is 2. The van der Waals surface area contributed by atoms with Crippen molar-refractivity contribution < 1.29 is 13.2 Å². The van der Waals surface area contributed by atoms with Gasteiger partial charge >= 0.3 is 0 Å². The van der Waals surface area contributed by atoms with E-state index in [0.717, 1.165) is 25.2 Å². The average molecular weight is 401 g/mol. The lowest BCUT2D eigenvalue weighted by atomic mass is 10.1. The van der Waals surface area contributed by atoms with Gasteiger partial charge in [0.2, 0.25) is 0 Å². The zero-order chi connectivity index (χ0) is 20.0. The highest BCUT2D eigenvalue weighted by atomic mass is 32.2. The second kappa shape index (κ2) is 9.34. The Labute approximate surface area is 167 Å². The molecule has 0 aliphatic carbocycles. The molecule has 1 N–H and O–H groups in total. The Morgan fingerprint density at radius 2 is 1.61 bits per heavy atom. The molecule has 6 heteroatoms. The van der Waals surface area contributed by atoms with Crippen LogP contribution in [0.15, 0.2) is 53.4 Å². The summed E-state index contributed by atoms with van der Waals surface area (Å²) in [5.74, 6) is -0.402. The van der Waals surface area contributed by atoms with Crippen LogP contribution in [0, 0.1) is 0 Å². The molecule has 28 heavy (non-hydrogen) atoms. The summed E-state index contributed by atoms with van der Waals surface area (Å²) in [6, 6.07) is 14.6. The molecule has 0 unspecified atom stereocenters. The van der Waals surface area contributed by atoms with Crippen molar-refractivity contribution in [2.45, 2.75) is 44.2 Å². The van der Waals surface area contributed by atoms with Crippen molar-refractivity contribution >= 4 is 15.7 Å². The Kier molecular flexibility index (Phi) is 6.86. The Morgan fingerprint density at radius 3 is 2.29 bits per heavy atom. The molecule has 1 aliphatic heterocycles. The summed E-state index contributed by atoms with van der Waals surface area (Å²) >= 11 is 0. The predicted molar refractivity (Wildman–Crippen MR) is 111 cm³/mol. The lowest BCUT2D eigenvalue weighted by Gasteiger charge is -2.26. The quantitative estimate of drug-likeness (QED) is 0.774. The normalized spacial score (nSPS) is 15.3. The Hall–Kier alpha value is -2.18. The first-order valence-electron chi connectivity index (χ1n) is 9.90. The summed E-state index contributed by atoms with van der Waals surface area (Å²) in [7, 11) is -3.44. The number of amides is 1. The first kappa shape index (κ1) is 20.6. The van der Waals surface area contributed by atoms with Gasteiger partial charge in [-0.1, -0.05) is 49.7 Å². The van der Waals surface area contributed by atoms with Crippen molar-refractivity contribution in [2.24, 2.45) is 0 Å². The summed E-state index contributed by atoms with van der Waals surface area (Å²) in [6.07, 6.45) is 3.89. The highest BCUT2D eigenvalue weighted by Crippen LogP contribution is 2.17. The van der Waals surface area contributed by atoms with E-state index in [0.29, 0.717) is 6.54 Å². The minimum Gasteiger partial charge on any atom is -0.348 e. The molecule has 0 spiro atoms. The number of rotatable bonds is 7. The smallest absolute Gasteiger partial charge is 0.252 e. The molecule has 1 heterocycles. The fraction of sp³-hybridized carbons (Fsp3) is 0.409. The Morgan fingerprint density at radius 1 is 0.964 bits per heavy atom. The molecule has 5 nitrogen and oxygen atoms in total. The van der Waals surface area contributed by atoms with Gasteiger partial charge in [-0.2, -0.15) is 0 Å². The van der Waals surface area contributed by atoms with E-state index < -0.39 is 9.84 Å². The standard InChI is InChI=1S/C22H28N2O3S/c1-2-28(26,27)21-9-5-4-8-20(21)22(25)23-16-18-10-12-19(13-11-18)17-24-14-6-3-7-15-24/h4-5,8-13H,2-3,6-7,14-17H2,1H3,(H,23,25). The van der Waals surface area contributed by atoms with Gasteiger partial charge in [0.25, 0.3) is 5.91 Å². The van der Waals surface area contributed by atoms with Crippen LogP contribution >= 0.6 is 0 Å². The maximum Gasteiger partial charge on any atom is 0.252 e. The van der Waals surface area contributed by atoms with Gasteiger partial charge in [-0.15, -0.1) is 0 Å². The molecule has 0 aromatic heterocycles. The third-order valence-electron chi connectivity index (χ3n) is 5.18. The molecule has 0 bridgehead atoms. The van der Waals surface area contributed by atoms with Crippen molar-refractivity contribution in [1.29, 1.82) is 0 Å². The number of carbonyl (C=O) groups is 1. The number of nitrogens with one attached hydrogen (secondary N) is 1. The molecule has 2 aromatic rings. The van der Waals surface area contributed by atoms with Crippen molar-refractivity contribution in [3.05, 3.63) is 65.2 Å². The first-order valence-corrected chi connectivity index (χ1v) is 11.5. The van der Waals surface area contributed by atoms with Crippen LogP contribution in [-0.4, -0.2) is 38.1 Å². The monoisotopic (exact) mass is 400 g/mol. The summed E-state index contributed by atoms with van der Waals surface area (Å²) in [4.78, 5) is 15.1. The zero-order valence-corrected chi connectivity index (χ0v) is 17.2. The van der Waals surface area contributed by atoms with Gasteiger partial charge < -0.3 is 5.32 Å². The largest absolute Gasteiger partial charge is 0.348 e. The molecule has 0 radical (unpaired) electrons. The van der Waals surface area contributed by atoms with Crippen LogP contribution < -0.4 is 5.32 Å². The number of hydrogen-bond donors (Lipinski definition) is 1. The minimum absolute atomic E-state index is 0.0320.